The fraction of sp³-hybridized carbons (Fsp3) is 0.280. The van der Waals surface area contributed by atoms with E-state index in [-0.39, 0.29) is 6.61 Å². The standard InChI is InChI=1S/C25H29NO4/c1-28-24-13-12-19(16-25(24)29-2)14-15-26-17-21(27)18-30-23-11-7-6-10-22(23)20-8-4-3-5-9-20/h3-13,16,21,26-27H,14-15,17-18H2,1-2H3/t21-/m0/s1. The molecule has 0 amide bonds. The molecule has 5 nitrogen and oxygen atoms in total. The number of aliphatic hydroxyl groups excluding tert-OH is 1. The van der Waals surface area contributed by atoms with Crippen molar-refractivity contribution < 1.29 is 19.3 Å². The molecule has 1 atom stereocenters. The van der Waals surface area contributed by atoms with Gasteiger partial charge in [0.15, 0.2) is 11.5 Å². The van der Waals surface area contributed by atoms with Gasteiger partial charge in [-0.3, -0.25) is 0 Å². The van der Waals surface area contributed by atoms with E-state index in [2.05, 4.69) is 5.32 Å². The molecule has 0 saturated heterocycles. The molecule has 0 spiro atoms. The molecular formula is C25H29NO4. The van der Waals surface area contributed by atoms with E-state index in [0.29, 0.717) is 6.54 Å². The minimum Gasteiger partial charge on any atom is -0.493 e. The third-order valence-electron chi connectivity index (χ3n) is 4.82. The van der Waals surface area contributed by atoms with Crippen LogP contribution >= 0.6 is 0 Å². The average Bonchev–Trinajstić information content (AvgIpc) is 2.81. The first kappa shape index (κ1) is 21.7. The summed E-state index contributed by atoms with van der Waals surface area (Å²) in [5.74, 6) is 2.21. The highest BCUT2D eigenvalue weighted by molar-refractivity contribution is 5.70. The highest BCUT2D eigenvalue weighted by Gasteiger charge is 2.09. The zero-order valence-corrected chi connectivity index (χ0v) is 17.5. The van der Waals surface area contributed by atoms with Crippen molar-refractivity contribution in [3.63, 3.8) is 0 Å². The molecular weight excluding hydrogens is 378 g/mol. The van der Waals surface area contributed by atoms with Crippen molar-refractivity contribution in [1.29, 1.82) is 0 Å². The van der Waals surface area contributed by atoms with Crippen molar-refractivity contribution in [2.75, 3.05) is 33.9 Å². The van der Waals surface area contributed by atoms with Gasteiger partial charge < -0.3 is 24.6 Å². The van der Waals surface area contributed by atoms with Crippen molar-refractivity contribution in [1.82, 2.24) is 5.32 Å². The molecule has 0 aliphatic heterocycles. The number of nitrogens with one attached hydrogen (secondary N) is 1. The topological polar surface area (TPSA) is 60.0 Å². The van der Waals surface area contributed by atoms with E-state index in [1.54, 1.807) is 14.2 Å². The summed E-state index contributed by atoms with van der Waals surface area (Å²) in [6.07, 6.45) is 0.226. The molecule has 158 valence electrons. The zero-order chi connectivity index (χ0) is 21.2. The Morgan fingerprint density at radius 3 is 2.33 bits per heavy atom. The van der Waals surface area contributed by atoms with Crippen molar-refractivity contribution in [3.8, 4) is 28.4 Å². The predicted octanol–water partition coefficient (Wildman–Crippen LogP) is 3.94. The lowest BCUT2D eigenvalue weighted by atomic mass is 10.1. The van der Waals surface area contributed by atoms with E-state index in [0.717, 1.165) is 46.9 Å². The van der Waals surface area contributed by atoms with Crippen LogP contribution in [-0.4, -0.2) is 45.1 Å². The van der Waals surface area contributed by atoms with E-state index >= 15 is 0 Å². The lowest BCUT2D eigenvalue weighted by Gasteiger charge is -2.16. The van der Waals surface area contributed by atoms with Crippen molar-refractivity contribution in [2.45, 2.75) is 12.5 Å². The number of benzene rings is 3. The number of methoxy groups -OCH3 is 2. The SMILES string of the molecule is COc1ccc(CCNC[C@H](O)COc2ccccc2-c2ccccc2)cc1OC. The van der Waals surface area contributed by atoms with Gasteiger partial charge in [0.2, 0.25) is 0 Å². The summed E-state index contributed by atoms with van der Waals surface area (Å²) < 4.78 is 16.5. The van der Waals surface area contributed by atoms with Crippen molar-refractivity contribution in [2.24, 2.45) is 0 Å². The van der Waals surface area contributed by atoms with Crippen LogP contribution in [0, 0.1) is 0 Å². The van der Waals surface area contributed by atoms with Crippen LogP contribution in [0.3, 0.4) is 0 Å². The second-order valence-corrected chi connectivity index (χ2v) is 6.97. The fourth-order valence-corrected chi connectivity index (χ4v) is 3.23. The highest BCUT2D eigenvalue weighted by Crippen LogP contribution is 2.29. The van der Waals surface area contributed by atoms with Gasteiger partial charge in [-0.25, -0.2) is 0 Å². The first-order valence-electron chi connectivity index (χ1n) is 10.1. The second-order valence-electron chi connectivity index (χ2n) is 6.97. The van der Waals surface area contributed by atoms with Gasteiger partial charge >= 0.3 is 0 Å². The molecule has 0 bridgehead atoms. The number of para-hydroxylation sites is 1. The van der Waals surface area contributed by atoms with Crippen LogP contribution in [0.15, 0.2) is 72.8 Å². The molecule has 0 saturated carbocycles. The van der Waals surface area contributed by atoms with Crippen LogP contribution in [-0.2, 0) is 6.42 Å². The molecule has 0 radical (unpaired) electrons. The first-order valence-corrected chi connectivity index (χ1v) is 10.1. The lowest BCUT2D eigenvalue weighted by Crippen LogP contribution is -2.32. The molecule has 30 heavy (non-hydrogen) atoms. The van der Waals surface area contributed by atoms with Crippen LogP contribution in [0.5, 0.6) is 17.2 Å². The van der Waals surface area contributed by atoms with Crippen molar-refractivity contribution in [3.05, 3.63) is 78.4 Å². The minimum absolute atomic E-state index is 0.229. The number of hydrogen-bond donors (Lipinski definition) is 2. The summed E-state index contributed by atoms with van der Waals surface area (Å²) in [5, 5.41) is 13.6. The normalized spacial score (nSPS) is 11.7. The summed E-state index contributed by atoms with van der Waals surface area (Å²) >= 11 is 0. The van der Waals surface area contributed by atoms with Gasteiger partial charge in [0, 0.05) is 12.1 Å². The van der Waals surface area contributed by atoms with E-state index in [4.69, 9.17) is 14.2 Å². The Bertz CT molecular complexity index is 914. The third kappa shape index (κ3) is 5.99. The van der Waals surface area contributed by atoms with E-state index < -0.39 is 6.10 Å². The zero-order valence-electron chi connectivity index (χ0n) is 17.5. The molecule has 2 N–H and O–H groups in total. The predicted molar refractivity (Wildman–Crippen MR) is 119 cm³/mol. The summed E-state index contributed by atoms with van der Waals surface area (Å²) in [6, 6.07) is 23.9. The van der Waals surface area contributed by atoms with Crippen LogP contribution in [0.4, 0.5) is 0 Å². The molecule has 0 aliphatic rings. The quantitative estimate of drug-likeness (QED) is 0.472. The summed E-state index contributed by atoms with van der Waals surface area (Å²) in [7, 11) is 3.26. The van der Waals surface area contributed by atoms with Crippen LogP contribution in [0.25, 0.3) is 11.1 Å². The smallest absolute Gasteiger partial charge is 0.160 e. The average molecular weight is 408 g/mol. The second kappa shape index (κ2) is 11.2. The molecule has 3 aromatic carbocycles. The van der Waals surface area contributed by atoms with Gasteiger partial charge in [0.25, 0.3) is 0 Å². The third-order valence-corrected chi connectivity index (χ3v) is 4.82. The van der Waals surface area contributed by atoms with Gasteiger partial charge in [0.05, 0.1) is 14.2 Å². The van der Waals surface area contributed by atoms with Gasteiger partial charge in [-0.2, -0.15) is 0 Å². The van der Waals surface area contributed by atoms with Crippen LogP contribution in [0.1, 0.15) is 5.56 Å². The molecule has 0 fully saturated rings. The maximum Gasteiger partial charge on any atom is 0.160 e. The maximum absolute atomic E-state index is 10.3. The largest absolute Gasteiger partial charge is 0.493 e. The number of rotatable bonds is 11. The van der Waals surface area contributed by atoms with E-state index in [1.165, 1.54) is 0 Å². The van der Waals surface area contributed by atoms with Crippen molar-refractivity contribution >= 4 is 0 Å². The minimum atomic E-state index is -0.598. The number of aliphatic hydroxyl groups is 1. The lowest BCUT2D eigenvalue weighted by molar-refractivity contribution is 0.107. The Kier molecular flexibility index (Phi) is 8.12. The Labute approximate surface area is 178 Å². The Morgan fingerprint density at radius 1 is 0.833 bits per heavy atom. The molecule has 3 aromatic rings. The molecule has 3 rings (SSSR count). The molecule has 0 aliphatic carbocycles. The van der Waals surface area contributed by atoms with Gasteiger partial charge in [-0.15, -0.1) is 0 Å². The molecule has 0 aromatic heterocycles. The summed E-state index contributed by atoms with van der Waals surface area (Å²) in [5.41, 5.74) is 3.25. The van der Waals surface area contributed by atoms with Gasteiger partial charge in [-0.1, -0.05) is 54.6 Å². The Hall–Kier alpha value is -3.02. The monoisotopic (exact) mass is 407 g/mol. The Balaban J connectivity index is 1.45. The van der Waals surface area contributed by atoms with Crippen LogP contribution < -0.4 is 19.5 Å². The molecule has 0 heterocycles. The highest BCUT2D eigenvalue weighted by atomic mass is 16.5. The van der Waals surface area contributed by atoms with E-state index in [1.807, 2.05) is 72.8 Å². The van der Waals surface area contributed by atoms with Gasteiger partial charge in [-0.05, 0) is 42.3 Å². The van der Waals surface area contributed by atoms with Crippen LogP contribution in [0.2, 0.25) is 0 Å². The summed E-state index contributed by atoms with van der Waals surface area (Å²) in [4.78, 5) is 0. The first-order chi connectivity index (χ1) is 14.7. The molecule has 0 unspecified atom stereocenters. The Morgan fingerprint density at radius 2 is 1.57 bits per heavy atom. The fourth-order valence-electron chi connectivity index (χ4n) is 3.23. The summed E-state index contributed by atoms with van der Waals surface area (Å²) in [6.45, 7) is 1.43. The molecule has 5 heteroatoms. The van der Waals surface area contributed by atoms with E-state index in [9.17, 15) is 5.11 Å². The maximum atomic E-state index is 10.3. The van der Waals surface area contributed by atoms with Gasteiger partial charge in [0.1, 0.15) is 18.5 Å². The number of ether oxygens (including phenoxy) is 3. The number of hydrogen-bond acceptors (Lipinski definition) is 5.